The lowest BCUT2D eigenvalue weighted by atomic mass is 10.3. The van der Waals surface area contributed by atoms with Crippen molar-refractivity contribution in [2.24, 2.45) is 0 Å². The first kappa shape index (κ1) is 7.65. The van der Waals surface area contributed by atoms with Crippen molar-refractivity contribution in [1.82, 2.24) is 0 Å². The van der Waals surface area contributed by atoms with Crippen LogP contribution in [0.3, 0.4) is 0 Å². The maximum atomic E-state index is 10.3. The lowest BCUT2D eigenvalue weighted by molar-refractivity contribution is -0.137. The van der Waals surface area contributed by atoms with Gasteiger partial charge in [0.2, 0.25) is 0 Å². The molecule has 0 amide bonds. The SMILES string of the molecule is C[C@@H](Nc1ccoc1)C(=O)O. The first-order valence-electron chi connectivity index (χ1n) is 3.21. The number of carbonyl (C=O) groups is 1. The van der Waals surface area contributed by atoms with Gasteiger partial charge in [0.25, 0.3) is 0 Å². The van der Waals surface area contributed by atoms with Crippen molar-refractivity contribution in [3.05, 3.63) is 18.6 Å². The second kappa shape index (κ2) is 3.09. The molecule has 0 saturated heterocycles. The van der Waals surface area contributed by atoms with Crippen LogP contribution in [0.4, 0.5) is 5.69 Å². The van der Waals surface area contributed by atoms with Crippen LogP contribution < -0.4 is 5.32 Å². The second-order valence-electron chi connectivity index (χ2n) is 2.22. The fourth-order valence-corrected chi connectivity index (χ4v) is 0.658. The zero-order chi connectivity index (χ0) is 8.27. The maximum Gasteiger partial charge on any atom is 0.325 e. The largest absolute Gasteiger partial charge is 0.480 e. The van der Waals surface area contributed by atoms with Crippen molar-refractivity contribution in [3.8, 4) is 0 Å². The van der Waals surface area contributed by atoms with Crippen LogP contribution in [0.15, 0.2) is 23.0 Å². The Morgan fingerprint density at radius 2 is 2.55 bits per heavy atom. The van der Waals surface area contributed by atoms with Gasteiger partial charge in [-0.2, -0.15) is 0 Å². The average Bonchev–Trinajstić information content (AvgIpc) is 2.39. The molecule has 4 nitrogen and oxygen atoms in total. The summed E-state index contributed by atoms with van der Waals surface area (Å²) >= 11 is 0. The van der Waals surface area contributed by atoms with E-state index in [2.05, 4.69) is 5.32 Å². The predicted molar refractivity (Wildman–Crippen MR) is 39.4 cm³/mol. The molecule has 11 heavy (non-hydrogen) atoms. The number of nitrogens with one attached hydrogen (secondary N) is 1. The summed E-state index contributed by atoms with van der Waals surface area (Å²) < 4.78 is 4.74. The topological polar surface area (TPSA) is 62.5 Å². The molecule has 60 valence electrons. The summed E-state index contributed by atoms with van der Waals surface area (Å²) in [7, 11) is 0. The first-order valence-corrected chi connectivity index (χ1v) is 3.21. The van der Waals surface area contributed by atoms with Gasteiger partial charge in [-0.05, 0) is 13.0 Å². The van der Waals surface area contributed by atoms with Crippen LogP contribution in [-0.2, 0) is 4.79 Å². The van der Waals surface area contributed by atoms with E-state index in [0.29, 0.717) is 5.69 Å². The zero-order valence-corrected chi connectivity index (χ0v) is 6.07. The summed E-state index contributed by atoms with van der Waals surface area (Å²) in [4.78, 5) is 10.3. The smallest absolute Gasteiger partial charge is 0.325 e. The molecule has 1 aromatic heterocycles. The molecule has 0 saturated carbocycles. The molecule has 0 bridgehead atoms. The molecular formula is C7H9NO3. The third-order valence-corrected chi connectivity index (χ3v) is 1.27. The van der Waals surface area contributed by atoms with Gasteiger partial charge in [-0.1, -0.05) is 0 Å². The normalized spacial score (nSPS) is 12.5. The first-order chi connectivity index (χ1) is 5.20. The van der Waals surface area contributed by atoms with E-state index >= 15 is 0 Å². The molecule has 1 atom stereocenters. The number of carboxylic acid groups (broad SMARTS) is 1. The second-order valence-corrected chi connectivity index (χ2v) is 2.22. The molecule has 1 rings (SSSR count). The van der Waals surface area contributed by atoms with E-state index in [1.54, 1.807) is 13.0 Å². The minimum absolute atomic E-state index is 0.590. The van der Waals surface area contributed by atoms with Crippen LogP contribution in [0, 0.1) is 0 Å². The lowest BCUT2D eigenvalue weighted by Crippen LogP contribution is -2.24. The molecule has 4 heteroatoms. The molecule has 1 heterocycles. The molecule has 0 aliphatic rings. The average molecular weight is 155 g/mol. The molecule has 0 unspecified atom stereocenters. The molecule has 2 N–H and O–H groups in total. The molecule has 0 aliphatic carbocycles. The fraction of sp³-hybridized carbons (Fsp3) is 0.286. The van der Waals surface area contributed by atoms with E-state index in [0.717, 1.165) is 0 Å². The Balaban J connectivity index is 2.50. The monoisotopic (exact) mass is 155 g/mol. The summed E-state index contributed by atoms with van der Waals surface area (Å²) in [5.41, 5.74) is 0.680. The Bertz CT molecular complexity index is 230. The lowest BCUT2D eigenvalue weighted by Gasteiger charge is -2.06. The standard InChI is InChI=1S/C7H9NO3/c1-5(7(9)10)8-6-2-3-11-4-6/h2-5,8H,1H3,(H,9,10)/t5-/m1/s1. The zero-order valence-electron chi connectivity index (χ0n) is 6.07. The van der Waals surface area contributed by atoms with E-state index in [9.17, 15) is 4.79 Å². The van der Waals surface area contributed by atoms with Crippen molar-refractivity contribution in [1.29, 1.82) is 0 Å². The molecule has 0 radical (unpaired) electrons. The van der Waals surface area contributed by atoms with Crippen LogP contribution in [0.1, 0.15) is 6.92 Å². The molecule has 0 fully saturated rings. The summed E-state index contributed by atoms with van der Waals surface area (Å²) in [6.45, 7) is 1.56. The maximum absolute atomic E-state index is 10.3. The van der Waals surface area contributed by atoms with Crippen molar-refractivity contribution in [3.63, 3.8) is 0 Å². The Labute approximate surface area is 63.8 Å². The Morgan fingerprint density at radius 3 is 3.00 bits per heavy atom. The Morgan fingerprint density at radius 1 is 1.82 bits per heavy atom. The van der Waals surface area contributed by atoms with Gasteiger partial charge in [-0.25, -0.2) is 0 Å². The van der Waals surface area contributed by atoms with E-state index < -0.39 is 12.0 Å². The van der Waals surface area contributed by atoms with E-state index in [4.69, 9.17) is 9.52 Å². The van der Waals surface area contributed by atoms with Crippen LogP contribution in [0.5, 0.6) is 0 Å². The molecule has 0 aliphatic heterocycles. The minimum Gasteiger partial charge on any atom is -0.480 e. The molecule has 0 spiro atoms. The van der Waals surface area contributed by atoms with Crippen LogP contribution in [0.25, 0.3) is 0 Å². The Hall–Kier alpha value is -1.45. The number of carboxylic acids is 1. The van der Waals surface area contributed by atoms with Crippen molar-refractivity contribution >= 4 is 11.7 Å². The summed E-state index contributed by atoms with van der Waals surface area (Å²) in [6.07, 6.45) is 2.94. The highest BCUT2D eigenvalue weighted by Crippen LogP contribution is 2.07. The number of rotatable bonds is 3. The third kappa shape index (κ3) is 2.00. The van der Waals surface area contributed by atoms with Crippen LogP contribution >= 0.6 is 0 Å². The minimum atomic E-state index is -0.883. The van der Waals surface area contributed by atoms with Crippen LogP contribution in [0.2, 0.25) is 0 Å². The highest BCUT2D eigenvalue weighted by atomic mass is 16.4. The quantitative estimate of drug-likeness (QED) is 0.687. The highest BCUT2D eigenvalue weighted by molar-refractivity contribution is 5.76. The predicted octanol–water partition coefficient (Wildman–Crippen LogP) is 1.16. The van der Waals surface area contributed by atoms with E-state index in [1.165, 1.54) is 12.5 Å². The van der Waals surface area contributed by atoms with Gasteiger partial charge in [0, 0.05) is 0 Å². The van der Waals surface area contributed by atoms with Gasteiger partial charge >= 0.3 is 5.97 Å². The van der Waals surface area contributed by atoms with E-state index in [1.807, 2.05) is 0 Å². The van der Waals surface area contributed by atoms with Gasteiger partial charge < -0.3 is 14.8 Å². The molecular weight excluding hydrogens is 146 g/mol. The van der Waals surface area contributed by atoms with Crippen molar-refractivity contribution in [2.45, 2.75) is 13.0 Å². The van der Waals surface area contributed by atoms with Gasteiger partial charge in [-0.3, -0.25) is 4.79 Å². The number of anilines is 1. The summed E-state index contributed by atoms with van der Waals surface area (Å²) in [5.74, 6) is -0.883. The number of aliphatic carboxylic acids is 1. The summed E-state index contributed by atoms with van der Waals surface area (Å²) in [5, 5.41) is 11.2. The van der Waals surface area contributed by atoms with Crippen molar-refractivity contribution in [2.75, 3.05) is 5.32 Å². The van der Waals surface area contributed by atoms with Crippen LogP contribution in [-0.4, -0.2) is 17.1 Å². The fourth-order valence-electron chi connectivity index (χ4n) is 0.658. The molecule has 1 aromatic rings. The summed E-state index contributed by atoms with van der Waals surface area (Å²) in [6, 6.07) is 1.08. The third-order valence-electron chi connectivity index (χ3n) is 1.27. The van der Waals surface area contributed by atoms with Crippen molar-refractivity contribution < 1.29 is 14.3 Å². The van der Waals surface area contributed by atoms with Gasteiger partial charge in [0.05, 0.1) is 12.0 Å². The number of hydrogen-bond acceptors (Lipinski definition) is 3. The number of furan rings is 1. The van der Waals surface area contributed by atoms with Gasteiger partial charge in [-0.15, -0.1) is 0 Å². The van der Waals surface area contributed by atoms with Gasteiger partial charge in [0.1, 0.15) is 12.3 Å². The highest BCUT2D eigenvalue weighted by Gasteiger charge is 2.09. The van der Waals surface area contributed by atoms with Gasteiger partial charge in [0.15, 0.2) is 0 Å². The molecule has 0 aromatic carbocycles. The number of hydrogen-bond donors (Lipinski definition) is 2. The van der Waals surface area contributed by atoms with E-state index in [-0.39, 0.29) is 0 Å². The Kier molecular flexibility index (Phi) is 2.15.